The van der Waals surface area contributed by atoms with E-state index in [0.29, 0.717) is 12.8 Å². The number of carbonyl (C=O) groups is 2. The first kappa shape index (κ1) is 8.73. The molecule has 3 heteroatoms. The zero-order chi connectivity index (χ0) is 9.85. The predicted molar refractivity (Wildman–Crippen MR) is 43.6 cm³/mol. The third kappa shape index (κ3) is 0.713. The van der Waals surface area contributed by atoms with Gasteiger partial charge in [-0.3, -0.25) is 4.79 Å². The normalized spacial score (nSPS) is 41.1. The van der Waals surface area contributed by atoms with Crippen molar-refractivity contribution in [2.45, 2.75) is 33.1 Å². The van der Waals surface area contributed by atoms with Crippen LogP contribution in [0.5, 0.6) is 0 Å². The van der Waals surface area contributed by atoms with Crippen LogP contribution in [-0.2, 0) is 9.59 Å². The fourth-order valence-electron chi connectivity index (χ4n) is 3.16. The van der Waals surface area contributed by atoms with Gasteiger partial charge in [-0.25, -0.2) is 0 Å². The van der Waals surface area contributed by atoms with Crippen molar-refractivity contribution in [1.29, 1.82) is 0 Å². The van der Waals surface area contributed by atoms with Crippen LogP contribution in [0.2, 0.25) is 0 Å². The average molecular weight is 181 g/mol. The maximum atomic E-state index is 11.6. The quantitative estimate of drug-likeness (QED) is 0.540. The molecule has 2 fully saturated rings. The number of ketones is 1. The molecule has 0 aromatic carbocycles. The Morgan fingerprint density at radius 1 is 1.54 bits per heavy atom. The van der Waals surface area contributed by atoms with E-state index in [2.05, 4.69) is 0 Å². The van der Waals surface area contributed by atoms with Gasteiger partial charge in [0, 0.05) is 6.42 Å². The molecule has 2 aliphatic carbocycles. The molecule has 0 unspecified atom stereocenters. The van der Waals surface area contributed by atoms with Crippen molar-refractivity contribution in [2.75, 3.05) is 0 Å². The van der Waals surface area contributed by atoms with Crippen LogP contribution in [0.3, 0.4) is 0 Å². The first-order valence-electron chi connectivity index (χ1n) is 4.67. The zero-order valence-electron chi connectivity index (χ0n) is 7.92. The van der Waals surface area contributed by atoms with E-state index in [1.807, 2.05) is 13.8 Å². The Balaban J connectivity index is 2.55. The summed E-state index contributed by atoms with van der Waals surface area (Å²) in [6.45, 7) is 3.76. The Bertz CT molecular complexity index is 293. The molecule has 0 saturated heterocycles. The molecular formula is C10H13O3-. The van der Waals surface area contributed by atoms with Gasteiger partial charge in [0.05, 0.1) is 11.4 Å². The summed E-state index contributed by atoms with van der Waals surface area (Å²) in [6, 6.07) is 0. The minimum absolute atomic E-state index is 0.117. The van der Waals surface area contributed by atoms with E-state index in [0.717, 1.165) is 6.42 Å². The number of hydrogen-bond acceptors (Lipinski definition) is 3. The number of carboxylic acids is 1. The molecule has 3 nitrogen and oxygen atoms in total. The largest absolute Gasteiger partial charge is 0.549 e. The summed E-state index contributed by atoms with van der Waals surface area (Å²) in [4.78, 5) is 22.7. The Morgan fingerprint density at radius 3 is 2.38 bits per heavy atom. The van der Waals surface area contributed by atoms with Gasteiger partial charge in [-0.15, -0.1) is 0 Å². The van der Waals surface area contributed by atoms with E-state index in [1.54, 1.807) is 0 Å². The number of carbonyl (C=O) groups excluding carboxylic acids is 2. The number of rotatable bonds is 1. The standard InChI is InChI=1S/C10H14O3/c1-9(2)6-3-4-10(9,8(12)13)7(11)5-6/h6H,3-5H2,1-2H3,(H,12,13)/p-1/t6-,10-/m0/s1. The molecular weight excluding hydrogens is 168 g/mol. The first-order valence-corrected chi connectivity index (χ1v) is 4.67. The first-order chi connectivity index (χ1) is 5.93. The lowest BCUT2D eigenvalue weighted by atomic mass is 9.69. The van der Waals surface area contributed by atoms with Gasteiger partial charge in [-0.1, -0.05) is 13.8 Å². The van der Waals surface area contributed by atoms with E-state index < -0.39 is 16.8 Å². The van der Waals surface area contributed by atoms with Crippen molar-refractivity contribution >= 4 is 11.8 Å². The Kier molecular flexibility index (Phi) is 1.44. The van der Waals surface area contributed by atoms with Crippen LogP contribution in [0.25, 0.3) is 0 Å². The fraction of sp³-hybridized carbons (Fsp3) is 0.800. The number of hydrogen-bond donors (Lipinski definition) is 0. The summed E-state index contributed by atoms with van der Waals surface area (Å²) in [5.41, 5.74) is -1.57. The van der Waals surface area contributed by atoms with Crippen molar-refractivity contribution in [2.24, 2.45) is 16.7 Å². The van der Waals surface area contributed by atoms with Crippen LogP contribution in [0.15, 0.2) is 0 Å². The van der Waals surface area contributed by atoms with Crippen molar-refractivity contribution in [3.63, 3.8) is 0 Å². The second kappa shape index (κ2) is 2.14. The number of carboxylic acid groups (broad SMARTS) is 1. The van der Waals surface area contributed by atoms with E-state index in [1.165, 1.54) is 0 Å². The zero-order valence-corrected chi connectivity index (χ0v) is 7.92. The summed E-state index contributed by atoms with van der Waals surface area (Å²) in [7, 11) is 0. The summed E-state index contributed by atoms with van der Waals surface area (Å²) >= 11 is 0. The molecule has 13 heavy (non-hydrogen) atoms. The smallest absolute Gasteiger partial charge is 0.145 e. The van der Waals surface area contributed by atoms with Crippen molar-refractivity contribution in [3.05, 3.63) is 0 Å². The molecule has 2 saturated carbocycles. The fourth-order valence-corrected chi connectivity index (χ4v) is 3.16. The third-order valence-electron chi connectivity index (χ3n) is 4.24. The third-order valence-corrected chi connectivity index (χ3v) is 4.24. The molecule has 2 bridgehead atoms. The van der Waals surface area contributed by atoms with Crippen LogP contribution in [0.1, 0.15) is 33.1 Å². The highest BCUT2D eigenvalue weighted by Gasteiger charge is 2.64. The topological polar surface area (TPSA) is 57.2 Å². The molecule has 0 heterocycles. The van der Waals surface area contributed by atoms with Crippen LogP contribution in [0, 0.1) is 16.7 Å². The average Bonchev–Trinajstić information content (AvgIpc) is 2.35. The van der Waals surface area contributed by atoms with Gasteiger partial charge in [0.1, 0.15) is 5.78 Å². The van der Waals surface area contributed by atoms with E-state index in [-0.39, 0.29) is 11.7 Å². The lowest BCUT2D eigenvalue weighted by Crippen LogP contribution is -2.51. The Hall–Kier alpha value is -0.860. The number of Topliss-reactive ketones (excluding diaryl/α,β-unsaturated/α-hetero) is 1. The molecule has 0 aromatic heterocycles. The molecule has 0 radical (unpaired) electrons. The SMILES string of the molecule is CC1(C)[C@H]2CC[C@@]1(C(=O)[O-])C(=O)C2. The maximum Gasteiger partial charge on any atom is 0.145 e. The molecule has 0 aliphatic heterocycles. The van der Waals surface area contributed by atoms with Crippen LogP contribution in [-0.4, -0.2) is 11.8 Å². The summed E-state index contributed by atoms with van der Waals surface area (Å²) in [6.07, 6.45) is 1.76. The van der Waals surface area contributed by atoms with Gasteiger partial charge in [0.2, 0.25) is 0 Å². The predicted octanol–water partition coefficient (Wildman–Crippen LogP) is 0.132. The van der Waals surface area contributed by atoms with Crippen LogP contribution >= 0.6 is 0 Å². The minimum atomic E-state index is -1.17. The van der Waals surface area contributed by atoms with Crippen molar-refractivity contribution < 1.29 is 14.7 Å². The number of aliphatic carboxylic acids is 1. The molecule has 72 valence electrons. The molecule has 2 aliphatic rings. The lowest BCUT2D eigenvalue weighted by molar-refractivity contribution is -0.320. The van der Waals surface area contributed by atoms with Crippen molar-refractivity contribution in [1.82, 2.24) is 0 Å². The summed E-state index contributed by atoms with van der Waals surface area (Å²) in [5.74, 6) is -1.03. The van der Waals surface area contributed by atoms with E-state index in [4.69, 9.17) is 0 Å². The minimum Gasteiger partial charge on any atom is -0.549 e. The van der Waals surface area contributed by atoms with Gasteiger partial charge >= 0.3 is 0 Å². The Labute approximate surface area is 77.1 Å². The van der Waals surface area contributed by atoms with Gasteiger partial charge in [0.15, 0.2) is 0 Å². The molecule has 2 rings (SSSR count). The van der Waals surface area contributed by atoms with Gasteiger partial charge in [0.25, 0.3) is 0 Å². The second-order valence-electron chi connectivity index (χ2n) is 4.78. The molecule has 2 atom stereocenters. The van der Waals surface area contributed by atoms with Gasteiger partial charge < -0.3 is 9.90 Å². The maximum absolute atomic E-state index is 11.6. The van der Waals surface area contributed by atoms with E-state index >= 15 is 0 Å². The van der Waals surface area contributed by atoms with Crippen molar-refractivity contribution in [3.8, 4) is 0 Å². The monoisotopic (exact) mass is 181 g/mol. The molecule has 0 amide bonds. The molecule has 0 N–H and O–H groups in total. The highest BCUT2D eigenvalue weighted by atomic mass is 16.4. The second-order valence-corrected chi connectivity index (χ2v) is 4.78. The lowest BCUT2D eigenvalue weighted by Gasteiger charge is -2.37. The van der Waals surface area contributed by atoms with Gasteiger partial charge in [-0.05, 0) is 24.2 Å². The number of fused-ring (bicyclic) bond motifs is 2. The highest BCUT2D eigenvalue weighted by molar-refractivity contribution is 6.06. The van der Waals surface area contributed by atoms with Crippen LogP contribution in [0.4, 0.5) is 0 Å². The summed E-state index contributed by atoms with van der Waals surface area (Å²) < 4.78 is 0. The summed E-state index contributed by atoms with van der Waals surface area (Å²) in [5, 5.41) is 11.1. The van der Waals surface area contributed by atoms with Crippen LogP contribution < -0.4 is 5.11 Å². The molecule has 0 spiro atoms. The van der Waals surface area contributed by atoms with E-state index in [9.17, 15) is 14.7 Å². The van der Waals surface area contributed by atoms with Gasteiger partial charge in [-0.2, -0.15) is 0 Å². The molecule has 0 aromatic rings. The Morgan fingerprint density at radius 2 is 2.15 bits per heavy atom. The highest BCUT2D eigenvalue weighted by Crippen LogP contribution is 2.63.